The number of sulfonamides is 1. The molecule has 0 amide bonds. The van der Waals surface area contributed by atoms with Crippen LogP contribution in [-0.2, 0) is 10.0 Å². The predicted molar refractivity (Wildman–Crippen MR) is 84.7 cm³/mol. The van der Waals surface area contributed by atoms with Gasteiger partial charge in [0.15, 0.2) is 0 Å². The van der Waals surface area contributed by atoms with Crippen LogP contribution in [0.3, 0.4) is 0 Å². The second kappa shape index (κ2) is 8.74. The Morgan fingerprint density at radius 3 is 2.52 bits per heavy atom. The summed E-state index contributed by atoms with van der Waals surface area (Å²) in [6.45, 7) is 3.75. The lowest BCUT2D eigenvalue weighted by Gasteiger charge is -2.13. The van der Waals surface area contributed by atoms with Crippen molar-refractivity contribution >= 4 is 15.7 Å². The quantitative estimate of drug-likeness (QED) is 0.644. The minimum Gasteiger partial charge on any atom is -0.497 e. The molecule has 2 N–H and O–H groups in total. The van der Waals surface area contributed by atoms with E-state index in [1.807, 2.05) is 6.92 Å². The maximum Gasteiger partial charge on any atom is 0.232 e. The largest absolute Gasteiger partial charge is 0.497 e. The van der Waals surface area contributed by atoms with Crippen molar-refractivity contribution in [1.29, 1.82) is 0 Å². The standard InChI is InChI=1S/C14H24N2O4S/c1-4-15-9-5-6-10-21(17,18)16-13-8-7-12(19-2)11-14(13)20-3/h7-8,11,15-16H,4-6,9-10H2,1-3H3. The smallest absolute Gasteiger partial charge is 0.232 e. The molecule has 21 heavy (non-hydrogen) atoms. The lowest BCUT2D eigenvalue weighted by molar-refractivity contribution is 0.395. The minimum absolute atomic E-state index is 0.0909. The van der Waals surface area contributed by atoms with Gasteiger partial charge in [-0.3, -0.25) is 4.72 Å². The van der Waals surface area contributed by atoms with Crippen molar-refractivity contribution in [1.82, 2.24) is 5.32 Å². The number of anilines is 1. The van der Waals surface area contributed by atoms with E-state index in [2.05, 4.69) is 10.0 Å². The summed E-state index contributed by atoms with van der Waals surface area (Å²) in [5.41, 5.74) is 0.421. The fourth-order valence-electron chi connectivity index (χ4n) is 1.82. The zero-order valence-electron chi connectivity index (χ0n) is 12.8. The molecule has 120 valence electrons. The van der Waals surface area contributed by atoms with Crippen molar-refractivity contribution in [2.24, 2.45) is 0 Å². The van der Waals surface area contributed by atoms with Gasteiger partial charge in [0, 0.05) is 6.07 Å². The average molecular weight is 316 g/mol. The molecule has 0 aliphatic carbocycles. The number of hydrogen-bond donors (Lipinski definition) is 2. The molecule has 1 aromatic carbocycles. The van der Waals surface area contributed by atoms with Crippen LogP contribution < -0.4 is 19.5 Å². The summed E-state index contributed by atoms with van der Waals surface area (Å²) in [6.07, 6.45) is 1.44. The van der Waals surface area contributed by atoms with Gasteiger partial charge < -0.3 is 14.8 Å². The van der Waals surface area contributed by atoms with Crippen LogP contribution in [0.5, 0.6) is 11.5 Å². The van der Waals surface area contributed by atoms with Crippen LogP contribution in [0.4, 0.5) is 5.69 Å². The monoisotopic (exact) mass is 316 g/mol. The van der Waals surface area contributed by atoms with Crippen LogP contribution in [0.2, 0.25) is 0 Å². The molecular weight excluding hydrogens is 292 g/mol. The summed E-state index contributed by atoms with van der Waals surface area (Å²) >= 11 is 0. The molecular formula is C14H24N2O4S. The molecule has 0 unspecified atom stereocenters. The Labute approximate surface area is 126 Å². The average Bonchev–Trinajstić information content (AvgIpc) is 2.47. The maximum absolute atomic E-state index is 12.0. The van der Waals surface area contributed by atoms with E-state index >= 15 is 0 Å². The molecule has 0 saturated heterocycles. The van der Waals surface area contributed by atoms with Gasteiger partial charge in [0.2, 0.25) is 10.0 Å². The first-order chi connectivity index (χ1) is 10.0. The highest BCUT2D eigenvalue weighted by molar-refractivity contribution is 7.92. The topological polar surface area (TPSA) is 76.7 Å². The van der Waals surface area contributed by atoms with E-state index in [0.29, 0.717) is 23.6 Å². The zero-order chi connectivity index (χ0) is 15.7. The lowest BCUT2D eigenvalue weighted by Crippen LogP contribution is -2.19. The van der Waals surface area contributed by atoms with Gasteiger partial charge in [0.25, 0.3) is 0 Å². The van der Waals surface area contributed by atoms with E-state index in [1.165, 1.54) is 7.11 Å². The first kappa shape index (κ1) is 17.6. The fourth-order valence-corrected chi connectivity index (χ4v) is 3.01. The van der Waals surface area contributed by atoms with Crippen molar-refractivity contribution in [2.45, 2.75) is 19.8 Å². The Morgan fingerprint density at radius 1 is 1.14 bits per heavy atom. The van der Waals surface area contributed by atoms with Gasteiger partial charge in [-0.2, -0.15) is 0 Å². The Kier molecular flexibility index (Phi) is 7.31. The third kappa shape index (κ3) is 6.22. The number of unbranched alkanes of at least 4 members (excludes halogenated alkanes) is 1. The summed E-state index contributed by atoms with van der Waals surface area (Å²) in [7, 11) is -0.339. The molecule has 0 atom stereocenters. The van der Waals surface area contributed by atoms with E-state index in [1.54, 1.807) is 25.3 Å². The SMILES string of the molecule is CCNCCCCS(=O)(=O)Nc1ccc(OC)cc1OC. The van der Waals surface area contributed by atoms with Crippen molar-refractivity contribution in [2.75, 3.05) is 37.8 Å². The molecule has 6 nitrogen and oxygen atoms in total. The van der Waals surface area contributed by atoms with Gasteiger partial charge >= 0.3 is 0 Å². The number of benzene rings is 1. The van der Waals surface area contributed by atoms with Crippen LogP contribution >= 0.6 is 0 Å². The molecule has 0 heterocycles. The molecule has 0 saturated carbocycles. The first-order valence-corrected chi connectivity index (χ1v) is 8.61. The van der Waals surface area contributed by atoms with Gasteiger partial charge in [-0.25, -0.2) is 8.42 Å². The molecule has 0 bridgehead atoms. The van der Waals surface area contributed by atoms with Gasteiger partial charge in [-0.1, -0.05) is 6.92 Å². The lowest BCUT2D eigenvalue weighted by atomic mass is 10.3. The minimum atomic E-state index is -3.37. The zero-order valence-corrected chi connectivity index (χ0v) is 13.6. The summed E-state index contributed by atoms with van der Waals surface area (Å²) in [5.74, 6) is 1.14. The van der Waals surface area contributed by atoms with E-state index in [0.717, 1.165) is 19.5 Å². The van der Waals surface area contributed by atoms with Crippen molar-refractivity contribution < 1.29 is 17.9 Å². The molecule has 0 spiro atoms. The Morgan fingerprint density at radius 2 is 1.90 bits per heavy atom. The van der Waals surface area contributed by atoms with Gasteiger partial charge in [-0.15, -0.1) is 0 Å². The van der Waals surface area contributed by atoms with Crippen LogP contribution in [0, 0.1) is 0 Å². The molecule has 0 aliphatic rings. The summed E-state index contributed by atoms with van der Waals surface area (Å²) < 4.78 is 36.9. The van der Waals surface area contributed by atoms with Crippen molar-refractivity contribution in [3.8, 4) is 11.5 Å². The summed E-state index contributed by atoms with van der Waals surface area (Å²) in [5, 5.41) is 3.17. The number of methoxy groups -OCH3 is 2. The van der Waals surface area contributed by atoms with Crippen LogP contribution in [0.1, 0.15) is 19.8 Å². The maximum atomic E-state index is 12.0. The molecule has 0 fully saturated rings. The van der Waals surface area contributed by atoms with Crippen LogP contribution in [0.15, 0.2) is 18.2 Å². The van der Waals surface area contributed by atoms with Crippen molar-refractivity contribution in [3.05, 3.63) is 18.2 Å². The highest BCUT2D eigenvalue weighted by Gasteiger charge is 2.13. The van der Waals surface area contributed by atoms with Crippen LogP contribution in [-0.4, -0.2) is 41.5 Å². The van der Waals surface area contributed by atoms with Gasteiger partial charge in [0.1, 0.15) is 11.5 Å². The fraction of sp³-hybridized carbons (Fsp3) is 0.571. The normalized spacial score (nSPS) is 11.2. The van der Waals surface area contributed by atoms with Crippen molar-refractivity contribution in [3.63, 3.8) is 0 Å². The third-order valence-electron chi connectivity index (χ3n) is 2.94. The molecule has 0 radical (unpaired) electrons. The highest BCUT2D eigenvalue weighted by Crippen LogP contribution is 2.29. The molecule has 0 aliphatic heterocycles. The molecule has 0 aromatic heterocycles. The number of rotatable bonds is 10. The Hall–Kier alpha value is -1.47. The third-order valence-corrected chi connectivity index (χ3v) is 4.30. The van der Waals surface area contributed by atoms with E-state index in [-0.39, 0.29) is 5.75 Å². The second-order valence-corrected chi connectivity index (χ2v) is 6.39. The molecule has 7 heteroatoms. The summed E-state index contributed by atoms with van der Waals surface area (Å²) in [6, 6.07) is 4.96. The van der Waals surface area contributed by atoms with E-state index in [9.17, 15) is 8.42 Å². The second-order valence-electron chi connectivity index (χ2n) is 4.55. The molecule has 1 rings (SSSR count). The highest BCUT2D eigenvalue weighted by atomic mass is 32.2. The van der Waals surface area contributed by atoms with Gasteiger partial charge in [0.05, 0.1) is 25.7 Å². The first-order valence-electron chi connectivity index (χ1n) is 6.95. The van der Waals surface area contributed by atoms with Gasteiger partial charge in [-0.05, 0) is 38.1 Å². The predicted octanol–water partition coefficient (Wildman–Crippen LogP) is 1.84. The summed E-state index contributed by atoms with van der Waals surface area (Å²) in [4.78, 5) is 0. The van der Waals surface area contributed by atoms with E-state index in [4.69, 9.17) is 9.47 Å². The van der Waals surface area contributed by atoms with E-state index < -0.39 is 10.0 Å². The Balaban J connectivity index is 2.62. The number of nitrogens with one attached hydrogen (secondary N) is 2. The molecule has 1 aromatic rings. The van der Waals surface area contributed by atoms with Crippen LogP contribution in [0.25, 0.3) is 0 Å². The Bertz CT molecular complexity index is 532. The number of hydrogen-bond acceptors (Lipinski definition) is 5. The number of ether oxygens (including phenoxy) is 2.